The molecule has 0 aliphatic heterocycles. The van der Waals surface area contributed by atoms with Crippen LogP contribution in [0.4, 0.5) is 0 Å². The Labute approximate surface area is 150 Å². The van der Waals surface area contributed by atoms with Gasteiger partial charge in [-0.1, -0.05) is 0 Å². The van der Waals surface area contributed by atoms with Crippen LogP contribution in [0.25, 0.3) is 0 Å². The molecule has 0 amide bonds. The molecule has 0 fully saturated rings. The van der Waals surface area contributed by atoms with E-state index in [9.17, 15) is 10.2 Å². The van der Waals surface area contributed by atoms with Crippen LogP contribution in [0.1, 0.15) is 16.7 Å². The van der Waals surface area contributed by atoms with Crippen molar-refractivity contribution >= 4 is 0 Å². The van der Waals surface area contributed by atoms with Gasteiger partial charge in [-0.25, -0.2) is 0 Å². The number of phenols is 2. The van der Waals surface area contributed by atoms with Crippen LogP contribution in [0.5, 0.6) is 11.5 Å². The summed E-state index contributed by atoms with van der Waals surface area (Å²) in [4.78, 5) is 0. The topological polar surface area (TPSA) is 40.5 Å². The molecule has 0 atom stereocenters. The van der Waals surface area contributed by atoms with Gasteiger partial charge in [0.2, 0.25) is 0 Å². The number of hydrogen-bond acceptors (Lipinski definition) is 2. The SMILES string of the molecule is Cc1cc(O)c(C)c(C)c1O.[Ac].[Ac]. The van der Waals surface area contributed by atoms with Crippen molar-refractivity contribution < 1.29 is 98.3 Å². The van der Waals surface area contributed by atoms with Gasteiger partial charge in [-0.05, 0) is 43.5 Å². The Hall–Kier alpha value is 1.70. The van der Waals surface area contributed by atoms with Crippen molar-refractivity contribution in [3.8, 4) is 11.5 Å². The van der Waals surface area contributed by atoms with Crippen molar-refractivity contribution in [2.75, 3.05) is 0 Å². The van der Waals surface area contributed by atoms with Crippen molar-refractivity contribution in [3.63, 3.8) is 0 Å². The predicted molar refractivity (Wildman–Crippen MR) is 44.0 cm³/mol. The van der Waals surface area contributed by atoms with Gasteiger partial charge >= 0.3 is 0 Å². The van der Waals surface area contributed by atoms with Crippen LogP contribution >= 0.6 is 0 Å². The fourth-order valence-electron chi connectivity index (χ4n) is 1.05. The first-order valence-corrected chi connectivity index (χ1v) is 3.52. The predicted octanol–water partition coefficient (Wildman–Crippen LogP) is 2.02. The van der Waals surface area contributed by atoms with Crippen molar-refractivity contribution in [3.05, 3.63) is 22.8 Å². The molecule has 2 radical (unpaired) electrons. The van der Waals surface area contributed by atoms with Crippen LogP contribution in [0, 0.1) is 109 Å². The molecule has 1 aromatic carbocycles. The number of rotatable bonds is 0. The van der Waals surface area contributed by atoms with Crippen LogP contribution in [0.2, 0.25) is 0 Å². The quantitative estimate of drug-likeness (QED) is 0.445. The Morgan fingerprint density at radius 1 is 0.923 bits per heavy atom. The molecule has 0 heterocycles. The van der Waals surface area contributed by atoms with E-state index in [0.717, 1.165) is 11.1 Å². The third-order valence-electron chi connectivity index (χ3n) is 2.03. The Kier molecular flexibility index (Phi) is 9.29. The maximum absolute atomic E-state index is 9.40. The number of benzene rings is 1. The van der Waals surface area contributed by atoms with Gasteiger partial charge in [0.1, 0.15) is 11.5 Å². The van der Waals surface area contributed by atoms with E-state index in [2.05, 4.69) is 0 Å². The molecule has 1 aromatic rings. The summed E-state index contributed by atoms with van der Waals surface area (Å²) < 4.78 is 0. The normalized spacial score (nSPS) is 8.54. The van der Waals surface area contributed by atoms with Crippen molar-refractivity contribution in [1.82, 2.24) is 0 Å². The molecule has 1 rings (SSSR count). The van der Waals surface area contributed by atoms with Gasteiger partial charge in [0.15, 0.2) is 0 Å². The monoisotopic (exact) mass is 606 g/mol. The first-order valence-electron chi connectivity index (χ1n) is 3.52. The molecule has 0 unspecified atom stereocenters. The third-order valence-corrected chi connectivity index (χ3v) is 2.03. The molecule has 66 valence electrons. The smallest absolute Gasteiger partial charge is 0.121 e. The van der Waals surface area contributed by atoms with E-state index in [1.165, 1.54) is 0 Å². The largest absolute Gasteiger partial charge is 0.508 e. The Bertz CT molecular complexity index is 272. The van der Waals surface area contributed by atoms with Crippen LogP contribution in [-0.4, -0.2) is 10.2 Å². The second kappa shape index (κ2) is 7.06. The van der Waals surface area contributed by atoms with E-state index < -0.39 is 0 Å². The fourth-order valence-corrected chi connectivity index (χ4v) is 1.05. The maximum atomic E-state index is 9.40. The van der Waals surface area contributed by atoms with E-state index in [-0.39, 0.29) is 99.6 Å². The van der Waals surface area contributed by atoms with Gasteiger partial charge in [0, 0.05) is 88.1 Å². The summed E-state index contributed by atoms with van der Waals surface area (Å²) in [6, 6.07) is 1.57. The summed E-state index contributed by atoms with van der Waals surface area (Å²) in [6.07, 6.45) is 0. The van der Waals surface area contributed by atoms with Gasteiger partial charge in [-0.3, -0.25) is 0 Å². The molecule has 0 aromatic heterocycles. The molecule has 0 aliphatic rings. The molecule has 0 bridgehead atoms. The van der Waals surface area contributed by atoms with Crippen molar-refractivity contribution in [2.24, 2.45) is 0 Å². The Balaban J connectivity index is 0. The molecule has 13 heavy (non-hydrogen) atoms. The summed E-state index contributed by atoms with van der Waals surface area (Å²) >= 11 is 0. The molecular weight excluding hydrogens is 594 g/mol. The minimum absolute atomic E-state index is 0. The zero-order chi connectivity index (χ0) is 8.59. The Morgan fingerprint density at radius 3 is 1.85 bits per heavy atom. The molecule has 4 heteroatoms. The third kappa shape index (κ3) is 3.98. The second-order valence-electron chi connectivity index (χ2n) is 2.81. The standard InChI is InChI=1S/C9H12O2.2Ac/c1-5-4-8(10)6(2)7(3)9(5)11;;/h4,10-11H,1-3H3;;. The summed E-state index contributed by atoms with van der Waals surface area (Å²) in [5, 5.41) is 18.7. The first kappa shape index (κ1) is 17.1. The first-order chi connectivity index (χ1) is 5.04. The summed E-state index contributed by atoms with van der Waals surface area (Å²) in [5.41, 5.74) is 2.21. The molecule has 0 spiro atoms. The maximum Gasteiger partial charge on any atom is 0.121 e. The molecule has 2 N–H and O–H groups in total. The van der Waals surface area contributed by atoms with Gasteiger partial charge in [0.05, 0.1) is 0 Å². The Morgan fingerprint density at radius 2 is 1.38 bits per heavy atom. The minimum Gasteiger partial charge on any atom is -0.508 e. The minimum atomic E-state index is 0. The summed E-state index contributed by atoms with van der Waals surface area (Å²) in [5.74, 6) is 0.526. The zero-order valence-electron chi connectivity index (χ0n) is 8.13. The molecule has 0 saturated carbocycles. The summed E-state index contributed by atoms with van der Waals surface area (Å²) in [7, 11) is 0. The van der Waals surface area contributed by atoms with Crippen LogP contribution in [0.3, 0.4) is 0 Å². The average Bonchev–Trinajstić information content (AvgIpc) is 1.97. The number of hydrogen-bond donors (Lipinski definition) is 2. The van der Waals surface area contributed by atoms with Crippen molar-refractivity contribution in [2.45, 2.75) is 20.8 Å². The van der Waals surface area contributed by atoms with Gasteiger partial charge in [0.25, 0.3) is 0 Å². The van der Waals surface area contributed by atoms with E-state index in [1.54, 1.807) is 26.8 Å². The second-order valence-corrected chi connectivity index (χ2v) is 2.81. The van der Waals surface area contributed by atoms with Gasteiger partial charge < -0.3 is 10.2 Å². The number of aryl methyl sites for hydroxylation is 1. The van der Waals surface area contributed by atoms with Crippen LogP contribution in [0.15, 0.2) is 6.07 Å². The number of phenolic OH excluding ortho intramolecular Hbond substituents is 2. The molecular formula is C9H12Ac2O2. The van der Waals surface area contributed by atoms with Gasteiger partial charge in [-0.15, -0.1) is 0 Å². The molecule has 2 nitrogen and oxygen atoms in total. The fraction of sp³-hybridized carbons (Fsp3) is 0.333. The number of aromatic hydroxyl groups is 2. The molecule has 0 aliphatic carbocycles. The van der Waals surface area contributed by atoms with E-state index in [4.69, 9.17) is 0 Å². The van der Waals surface area contributed by atoms with Crippen LogP contribution in [-0.2, 0) is 0 Å². The zero-order valence-corrected chi connectivity index (χ0v) is 17.6. The van der Waals surface area contributed by atoms with E-state index >= 15 is 0 Å². The molecule has 0 saturated heterocycles. The van der Waals surface area contributed by atoms with Crippen molar-refractivity contribution in [1.29, 1.82) is 0 Å². The van der Waals surface area contributed by atoms with E-state index in [1.807, 2.05) is 0 Å². The van der Waals surface area contributed by atoms with Crippen LogP contribution < -0.4 is 0 Å². The average molecular weight is 606 g/mol. The summed E-state index contributed by atoms with van der Waals surface area (Å²) in [6.45, 7) is 5.34. The van der Waals surface area contributed by atoms with E-state index in [0.29, 0.717) is 5.56 Å². The van der Waals surface area contributed by atoms with Gasteiger partial charge in [-0.2, -0.15) is 0 Å².